The molecule has 0 spiro atoms. The van der Waals surface area contributed by atoms with Crippen LogP contribution in [0.15, 0.2) is 70.5 Å². The summed E-state index contributed by atoms with van der Waals surface area (Å²) in [6.45, 7) is 1.34. The molecular weight excluding hydrogens is 530 g/mol. The molecule has 0 bridgehead atoms. The summed E-state index contributed by atoms with van der Waals surface area (Å²) < 4.78 is 64.4. The molecule has 13 heteroatoms. The van der Waals surface area contributed by atoms with Gasteiger partial charge in [-0.2, -0.15) is 0 Å². The maximum Gasteiger partial charge on any atom is 0.262 e. The molecule has 3 rings (SSSR count). The molecule has 0 aliphatic rings. The van der Waals surface area contributed by atoms with Gasteiger partial charge >= 0.3 is 0 Å². The Bertz CT molecular complexity index is 1480. The summed E-state index contributed by atoms with van der Waals surface area (Å²) in [5, 5.41) is 2.87. The third kappa shape index (κ3) is 6.66. The van der Waals surface area contributed by atoms with E-state index in [1.165, 1.54) is 62.7 Å². The van der Waals surface area contributed by atoms with Gasteiger partial charge in [-0.1, -0.05) is 17.7 Å². The predicted molar refractivity (Wildman–Crippen MR) is 137 cm³/mol. The zero-order valence-electron chi connectivity index (χ0n) is 19.5. The Balaban J connectivity index is 1.62. The molecule has 3 N–H and O–H groups in total. The molecule has 0 aliphatic heterocycles. The van der Waals surface area contributed by atoms with Crippen LogP contribution >= 0.6 is 11.6 Å². The molecule has 0 unspecified atom stereocenters. The van der Waals surface area contributed by atoms with Crippen LogP contribution in [-0.2, 0) is 24.8 Å². The monoisotopic (exact) mass is 553 g/mol. The van der Waals surface area contributed by atoms with Crippen molar-refractivity contribution in [2.75, 3.05) is 30.8 Å². The Morgan fingerprint density at radius 2 is 1.58 bits per heavy atom. The van der Waals surface area contributed by atoms with Crippen molar-refractivity contribution >= 4 is 48.9 Å². The van der Waals surface area contributed by atoms with Gasteiger partial charge in [0, 0.05) is 5.69 Å². The minimum Gasteiger partial charge on any atom is -0.495 e. The molecule has 0 heterocycles. The SMILES string of the molecule is CNS(=O)(=O)c1ccc(C)c(NC(=O)COc2ccc(S(=O)(=O)Nc3ccc(OC)c(Cl)c3)cc2)c1. The second-order valence-corrected chi connectivity index (χ2v) is 11.4. The zero-order valence-corrected chi connectivity index (χ0v) is 21.9. The molecule has 0 fully saturated rings. The number of ether oxygens (including phenoxy) is 2. The van der Waals surface area contributed by atoms with Gasteiger partial charge in [0.1, 0.15) is 11.5 Å². The molecule has 36 heavy (non-hydrogen) atoms. The number of benzene rings is 3. The fourth-order valence-electron chi connectivity index (χ4n) is 3.01. The van der Waals surface area contributed by atoms with E-state index in [1.807, 2.05) is 0 Å². The van der Waals surface area contributed by atoms with Crippen LogP contribution in [0.3, 0.4) is 0 Å². The number of amides is 1. The molecular formula is C23H24ClN3O7S2. The summed E-state index contributed by atoms with van der Waals surface area (Å²) in [6.07, 6.45) is 0. The minimum absolute atomic E-state index is 0.00846. The molecule has 0 saturated carbocycles. The molecule has 3 aromatic carbocycles. The second-order valence-electron chi connectivity index (χ2n) is 7.45. The Kier molecular flexibility index (Phi) is 8.46. The molecule has 0 aliphatic carbocycles. The number of aryl methyl sites for hydroxylation is 1. The van der Waals surface area contributed by atoms with Crippen molar-refractivity contribution in [3.05, 3.63) is 71.2 Å². The van der Waals surface area contributed by atoms with Gasteiger partial charge in [0.15, 0.2) is 6.61 Å². The lowest BCUT2D eigenvalue weighted by Gasteiger charge is -2.12. The van der Waals surface area contributed by atoms with Crippen molar-refractivity contribution in [2.45, 2.75) is 16.7 Å². The number of hydrogen-bond acceptors (Lipinski definition) is 7. The maximum atomic E-state index is 12.7. The molecule has 192 valence electrons. The van der Waals surface area contributed by atoms with Gasteiger partial charge in [0.2, 0.25) is 10.0 Å². The fraction of sp³-hybridized carbons (Fsp3) is 0.174. The van der Waals surface area contributed by atoms with Crippen LogP contribution in [0, 0.1) is 6.92 Å². The van der Waals surface area contributed by atoms with Gasteiger partial charge in [-0.3, -0.25) is 9.52 Å². The van der Waals surface area contributed by atoms with Crippen LogP contribution < -0.4 is 24.2 Å². The quantitative estimate of drug-likeness (QED) is 0.349. The van der Waals surface area contributed by atoms with Crippen molar-refractivity contribution in [1.29, 1.82) is 0 Å². The zero-order chi connectivity index (χ0) is 26.5. The first-order valence-corrected chi connectivity index (χ1v) is 13.7. The van der Waals surface area contributed by atoms with Crippen molar-refractivity contribution in [3.8, 4) is 11.5 Å². The first-order chi connectivity index (χ1) is 16.9. The summed E-state index contributed by atoms with van der Waals surface area (Å²) in [6, 6.07) is 14.3. The number of halogens is 1. The molecule has 3 aromatic rings. The summed E-state index contributed by atoms with van der Waals surface area (Å²) in [4.78, 5) is 12.3. The number of hydrogen-bond donors (Lipinski definition) is 3. The highest BCUT2D eigenvalue weighted by Gasteiger charge is 2.17. The van der Waals surface area contributed by atoms with Gasteiger partial charge in [-0.15, -0.1) is 0 Å². The molecule has 10 nitrogen and oxygen atoms in total. The minimum atomic E-state index is -3.90. The number of carbonyl (C=O) groups is 1. The van der Waals surface area contributed by atoms with Crippen molar-refractivity contribution in [3.63, 3.8) is 0 Å². The second kappa shape index (κ2) is 11.2. The summed E-state index contributed by atoms with van der Waals surface area (Å²) in [7, 11) is -4.82. The van der Waals surface area contributed by atoms with Gasteiger partial charge in [0.05, 0.1) is 27.6 Å². The van der Waals surface area contributed by atoms with Crippen LogP contribution in [0.25, 0.3) is 0 Å². The smallest absolute Gasteiger partial charge is 0.262 e. The first-order valence-electron chi connectivity index (χ1n) is 10.4. The van der Waals surface area contributed by atoms with E-state index < -0.39 is 26.0 Å². The van der Waals surface area contributed by atoms with E-state index in [1.54, 1.807) is 19.1 Å². The van der Waals surface area contributed by atoms with E-state index in [9.17, 15) is 21.6 Å². The maximum absolute atomic E-state index is 12.7. The standard InChI is InChI=1S/C23H24ClN3O7S2/c1-15-4-8-19(35(29,30)25-2)13-21(15)26-23(28)14-34-17-6-9-18(10-7-17)36(31,32)27-16-5-11-22(33-3)20(24)12-16/h4-13,25,27H,14H2,1-3H3,(H,26,28). The average molecular weight is 554 g/mol. The third-order valence-corrected chi connectivity index (χ3v) is 8.07. The van der Waals surface area contributed by atoms with Crippen molar-refractivity contribution in [2.24, 2.45) is 0 Å². The number of sulfonamides is 2. The van der Waals surface area contributed by atoms with E-state index in [0.717, 1.165) is 0 Å². The van der Waals surface area contributed by atoms with Crippen LogP contribution in [-0.4, -0.2) is 43.5 Å². The topological polar surface area (TPSA) is 140 Å². The lowest BCUT2D eigenvalue weighted by atomic mass is 10.2. The average Bonchev–Trinajstić information content (AvgIpc) is 2.84. The highest BCUT2D eigenvalue weighted by atomic mass is 35.5. The summed E-state index contributed by atoms with van der Waals surface area (Å²) in [5.41, 5.74) is 1.25. The number of rotatable bonds is 10. The molecule has 0 aromatic heterocycles. The summed E-state index contributed by atoms with van der Waals surface area (Å²) >= 11 is 6.04. The molecule has 1 amide bonds. The Morgan fingerprint density at radius 3 is 2.19 bits per heavy atom. The fourth-order valence-corrected chi connectivity index (χ4v) is 5.08. The van der Waals surface area contributed by atoms with Crippen LogP contribution in [0.2, 0.25) is 5.02 Å². The Hall–Kier alpha value is -3.32. The largest absolute Gasteiger partial charge is 0.495 e. The Labute approximate surface area is 214 Å². The Morgan fingerprint density at radius 1 is 0.917 bits per heavy atom. The third-order valence-electron chi connectivity index (χ3n) is 4.97. The number of carbonyl (C=O) groups excluding carboxylic acids is 1. The molecule has 0 atom stereocenters. The van der Waals surface area contributed by atoms with Gasteiger partial charge in [-0.05, 0) is 74.1 Å². The van der Waals surface area contributed by atoms with E-state index in [2.05, 4.69) is 14.8 Å². The van der Waals surface area contributed by atoms with E-state index >= 15 is 0 Å². The lowest BCUT2D eigenvalue weighted by molar-refractivity contribution is -0.118. The number of nitrogens with one attached hydrogen (secondary N) is 3. The highest BCUT2D eigenvalue weighted by molar-refractivity contribution is 7.92. The van der Waals surface area contributed by atoms with E-state index in [4.69, 9.17) is 21.1 Å². The summed E-state index contributed by atoms with van der Waals surface area (Å²) in [5.74, 6) is 0.155. The van der Waals surface area contributed by atoms with Crippen LogP contribution in [0.1, 0.15) is 5.56 Å². The predicted octanol–water partition coefficient (Wildman–Crippen LogP) is 3.38. The van der Waals surface area contributed by atoms with Gasteiger partial charge < -0.3 is 14.8 Å². The normalized spacial score (nSPS) is 11.6. The molecule has 0 saturated heterocycles. The molecule has 0 radical (unpaired) electrons. The lowest BCUT2D eigenvalue weighted by Crippen LogP contribution is -2.22. The van der Waals surface area contributed by atoms with Gasteiger partial charge in [-0.25, -0.2) is 21.6 Å². The number of methoxy groups -OCH3 is 1. The van der Waals surface area contributed by atoms with Crippen LogP contribution in [0.5, 0.6) is 11.5 Å². The van der Waals surface area contributed by atoms with Crippen molar-refractivity contribution < 1.29 is 31.1 Å². The van der Waals surface area contributed by atoms with E-state index in [-0.39, 0.29) is 32.9 Å². The number of anilines is 2. The van der Waals surface area contributed by atoms with Gasteiger partial charge in [0.25, 0.3) is 15.9 Å². The van der Waals surface area contributed by atoms with Crippen molar-refractivity contribution in [1.82, 2.24) is 4.72 Å². The van der Waals surface area contributed by atoms with E-state index in [0.29, 0.717) is 17.0 Å². The first kappa shape index (κ1) is 27.3. The van der Waals surface area contributed by atoms with Crippen LogP contribution in [0.4, 0.5) is 11.4 Å². The highest BCUT2D eigenvalue weighted by Crippen LogP contribution is 2.28.